The molecule has 0 aromatic heterocycles. The molecule has 0 bridgehead atoms. The van der Waals surface area contributed by atoms with Gasteiger partial charge in [-0.25, -0.2) is 8.78 Å². The molecule has 1 atom stereocenters. The number of carbonyl (C=O) groups excluding carboxylic acids is 2. The summed E-state index contributed by atoms with van der Waals surface area (Å²) in [6.07, 6.45) is 1.27. The summed E-state index contributed by atoms with van der Waals surface area (Å²) < 4.78 is 26.9. The Hall–Kier alpha value is -2.47. The van der Waals surface area contributed by atoms with E-state index in [9.17, 15) is 18.4 Å². The quantitative estimate of drug-likeness (QED) is 0.873. The Balaban J connectivity index is 1.66. The van der Waals surface area contributed by atoms with Gasteiger partial charge in [-0.2, -0.15) is 0 Å². The molecule has 1 heterocycles. The van der Waals surface area contributed by atoms with Crippen molar-refractivity contribution in [1.82, 2.24) is 4.90 Å². The van der Waals surface area contributed by atoms with E-state index in [1.165, 1.54) is 36.4 Å². The normalized spacial score (nSPS) is 17.0. The Morgan fingerprint density at radius 2 is 1.85 bits per heavy atom. The maximum atomic E-state index is 13.8. The van der Waals surface area contributed by atoms with E-state index in [1.54, 1.807) is 4.90 Å². The first kappa shape index (κ1) is 18.3. The number of amides is 2. The molecule has 0 saturated carbocycles. The number of anilines is 1. The van der Waals surface area contributed by atoms with Crippen molar-refractivity contribution in [3.63, 3.8) is 0 Å². The first-order valence-corrected chi connectivity index (χ1v) is 8.62. The van der Waals surface area contributed by atoms with Gasteiger partial charge in [-0.3, -0.25) is 9.59 Å². The van der Waals surface area contributed by atoms with E-state index in [2.05, 4.69) is 5.32 Å². The summed E-state index contributed by atoms with van der Waals surface area (Å²) in [6.45, 7) is 0.756. The summed E-state index contributed by atoms with van der Waals surface area (Å²) >= 11 is 5.70. The molecule has 4 nitrogen and oxygen atoms in total. The Morgan fingerprint density at radius 3 is 2.54 bits per heavy atom. The number of nitrogens with zero attached hydrogens (tertiary/aromatic N) is 1. The molecule has 0 spiro atoms. The highest BCUT2D eigenvalue weighted by Crippen LogP contribution is 2.23. The lowest BCUT2D eigenvalue weighted by Gasteiger charge is -2.32. The van der Waals surface area contributed by atoms with Crippen LogP contribution in [0.15, 0.2) is 42.5 Å². The van der Waals surface area contributed by atoms with Crippen molar-refractivity contribution in [3.8, 4) is 0 Å². The lowest BCUT2D eigenvalue weighted by Crippen LogP contribution is -2.43. The lowest BCUT2D eigenvalue weighted by molar-refractivity contribution is -0.121. The second kappa shape index (κ2) is 7.83. The van der Waals surface area contributed by atoms with Gasteiger partial charge in [-0.1, -0.05) is 11.6 Å². The van der Waals surface area contributed by atoms with Crippen molar-refractivity contribution >= 4 is 29.1 Å². The zero-order valence-electron chi connectivity index (χ0n) is 13.8. The molecule has 1 saturated heterocycles. The van der Waals surface area contributed by atoms with Crippen LogP contribution in [0.2, 0.25) is 5.02 Å². The topological polar surface area (TPSA) is 49.4 Å². The number of hydrogen-bond acceptors (Lipinski definition) is 2. The third kappa shape index (κ3) is 4.19. The molecule has 2 aromatic rings. The molecule has 2 aromatic carbocycles. The van der Waals surface area contributed by atoms with Gasteiger partial charge in [0.1, 0.15) is 11.6 Å². The van der Waals surface area contributed by atoms with Crippen LogP contribution >= 0.6 is 11.6 Å². The van der Waals surface area contributed by atoms with Crippen LogP contribution in [0.25, 0.3) is 0 Å². The average molecular weight is 379 g/mol. The molecule has 0 aliphatic carbocycles. The second-order valence-electron chi connectivity index (χ2n) is 6.21. The zero-order chi connectivity index (χ0) is 18.7. The molecule has 136 valence electrons. The number of hydrogen-bond donors (Lipinski definition) is 1. The van der Waals surface area contributed by atoms with E-state index in [4.69, 9.17) is 11.6 Å². The summed E-state index contributed by atoms with van der Waals surface area (Å²) in [7, 11) is 0. The van der Waals surface area contributed by atoms with E-state index in [-0.39, 0.29) is 29.1 Å². The van der Waals surface area contributed by atoms with Gasteiger partial charge >= 0.3 is 0 Å². The van der Waals surface area contributed by atoms with Crippen molar-refractivity contribution in [2.75, 3.05) is 18.4 Å². The zero-order valence-corrected chi connectivity index (χ0v) is 14.6. The van der Waals surface area contributed by atoms with E-state index < -0.39 is 17.6 Å². The summed E-state index contributed by atoms with van der Waals surface area (Å²) in [5, 5.41) is 2.80. The van der Waals surface area contributed by atoms with Crippen molar-refractivity contribution in [2.45, 2.75) is 12.8 Å². The molecule has 1 aliphatic rings. The molecular weight excluding hydrogens is 362 g/mol. The number of carbonyl (C=O) groups is 2. The van der Waals surface area contributed by atoms with Crippen LogP contribution in [-0.2, 0) is 4.79 Å². The Kier molecular flexibility index (Phi) is 5.52. The van der Waals surface area contributed by atoms with Crippen LogP contribution in [0.5, 0.6) is 0 Å². The van der Waals surface area contributed by atoms with Crippen LogP contribution in [-0.4, -0.2) is 29.8 Å². The standard InChI is InChI=1S/C19H17ClF2N2O2/c20-14-5-8-17(16(22)10-14)23-18(25)13-2-1-9-24(11-13)19(26)12-3-6-15(21)7-4-12/h3-8,10,13H,1-2,9,11H2,(H,23,25)/t13-/m0/s1. The number of piperidine rings is 1. The fourth-order valence-corrected chi connectivity index (χ4v) is 3.14. The number of likely N-dealkylation sites (tertiary alicyclic amines) is 1. The Morgan fingerprint density at radius 1 is 1.12 bits per heavy atom. The van der Waals surface area contributed by atoms with Crippen LogP contribution < -0.4 is 5.32 Å². The molecule has 1 N–H and O–H groups in total. The van der Waals surface area contributed by atoms with Crippen LogP contribution in [0.3, 0.4) is 0 Å². The fraction of sp³-hybridized carbons (Fsp3) is 0.263. The van der Waals surface area contributed by atoms with Gasteiger partial charge in [-0.15, -0.1) is 0 Å². The largest absolute Gasteiger partial charge is 0.338 e. The van der Waals surface area contributed by atoms with Crippen LogP contribution in [0.4, 0.5) is 14.5 Å². The molecule has 3 rings (SSSR count). The number of rotatable bonds is 3. The van der Waals surface area contributed by atoms with Gasteiger partial charge in [0, 0.05) is 23.7 Å². The number of benzene rings is 2. The maximum Gasteiger partial charge on any atom is 0.253 e. The molecule has 1 aliphatic heterocycles. The number of halogens is 3. The number of nitrogens with one attached hydrogen (secondary N) is 1. The highest BCUT2D eigenvalue weighted by Gasteiger charge is 2.29. The van der Waals surface area contributed by atoms with E-state index in [1.807, 2.05) is 0 Å². The van der Waals surface area contributed by atoms with Gasteiger partial charge in [0.15, 0.2) is 0 Å². The first-order chi connectivity index (χ1) is 12.4. The van der Waals surface area contributed by atoms with Crippen LogP contribution in [0, 0.1) is 17.6 Å². The van der Waals surface area contributed by atoms with Gasteiger partial charge in [0.25, 0.3) is 5.91 Å². The molecule has 0 radical (unpaired) electrons. The minimum atomic E-state index is -0.610. The highest BCUT2D eigenvalue weighted by molar-refractivity contribution is 6.30. The summed E-state index contributed by atoms with van der Waals surface area (Å²) in [6, 6.07) is 9.32. The third-order valence-corrected chi connectivity index (χ3v) is 4.59. The maximum absolute atomic E-state index is 13.8. The smallest absolute Gasteiger partial charge is 0.253 e. The second-order valence-corrected chi connectivity index (χ2v) is 6.65. The van der Waals surface area contributed by atoms with Gasteiger partial charge in [0.05, 0.1) is 11.6 Å². The minimum absolute atomic E-state index is 0.0568. The van der Waals surface area contributed by atoms with Gasteiger partial charge in [0.2, 0.25) is 5.91 Å². The van der Waals surface area contributed by atoms with Gasteiger partial charge in [-0.05, 0) is 55.3 Å². The SMILES string of the molecule is O=C(Nc1ccc(Cl)cc1F)[C@H]1CCCN(C(=O)c2ccc(F)cc2)C1. The Bertz CT molecular complexity index is 827. The average Bonchev–Trinajstić information content (AvgIpc) is 2.64. The Labute approximate surface area is 154 Å². The fourth-order valence-electron chi connectivity index (χ4n) is 2.98. The summed E-state index contributed by atoms with van der Waals surface area (Å²) in [4.78, 5) is 26.6. The monoisotopic (exact) mass is 378 g/mol. The van der Waals surface area contributed by atoms with Crippen molar-refractivity contribution in [1.29, 1.82) is 0 Å². The molecule has 7 heteroatoms. The predicted octanol–water partition coefficient (Wildman–Crippen LogP) is 4.11. The van der Waals surface area contributed by atoms with Crippen molar-refractivity contribution in [3.05, 3.63) is 64.7 Å². The van der Waals surface area contributed by atoms with E-state index in [0.29, 0.717) is 24.9 Å². The van der Waals surface area contributed by atoms with E-state index >= 15 is 0 Å². The minimum Gasteiger partial charge on any atom is -0.338 e. The highest BCUT2D eigenvalue weighted by atomic mass is 35.5. The molecule has 1 fully saturated rings. The molecular formula is C19H17ClF2N2O2. The first-order valence-electron chi connectivity index (χ1n) is 8.25. The lowest BCUT2D eigenvalue weighted by atomic mass is 9.96. The van der Waals surface area contributed by atoms with Crippen molar-refractivity contribution in [2.24, 2.45) is 5.92 Å². The molecule has 2 amide bonds. The molecule has 26 heavy (non-hydrogen) atoms. The summed E-state index contributed by atoms with van der Waals surface area (Å²) in [5.41, 5.74) is 0.428. The predicted molar refractivity (Wildman–Crippen MR) is 95.1 cm³/mol. The third-order valence-electron chi connectivity index (χ3n) is 4.36. The van der Waals surface area contributed by atoms with Gasteiger partial charge < -0.3 is 10.2 Å². The molecule has 0 unspecified atom stereocenters. The van der Waals surface area contributed by atoms with Crippen molar-refractivity contribution < 1.29 is 18.4 Å². The van der Waals surface area contributed by atoms with Crippen LogP contribution in [0.1, 0.15) is 23.2 Å². The summed E-state index contributed by atoms with van der Waals surface area (Å²) in [5.74, 6) is -2.06. The van der Waals surface area contributed by atoms with E-state index in [0.717, 1.165) is 6.07 Å².